The van der Waals surface area contributed by atoms with Gasteiger partial charge in [-0.1, -0.05) is 12.1 Å². The summed E-state index contributed by atoms with van der Waals surface area (Å²) in [4.78, 5) is 18.4. The molecule has 0 aliphatic carbocycles. The van der Waals surface area contributed by atoms with Crippen LogP contribution in [0.5, 0.6) is 0 Å². The Hall–Kier alpha value is -2.21. The van der Waals surface area contributed by atoms with Crippen LogP contribution in [0, 0.1) is 0 Å². The fraction of sp³-hybridized carbons (Fsp3) is 0.438. The second-order valence-corrected chi connectivity index (χ2v) is 5.74. The van der Waals surface area contributed by atoms with Gasteiger partial charge in [-0.2, -0.15) is 5.10 Å². The molecule has 1 saturated heterocycles. The Morgan fingerprint density at radius 2 is 2.09 bits per heavy atom. The molecular weight excluding hydrogens is 280 g/mol. The van der Waals surface area contributed by atoms with Crippen molar-refractivity contribution in [3.63, 3.8) is 0 Å². The number of rotatable bonds is 3. The Bertz CT molecular complexity index is 624. The summed E-state index contributed by atoms with van der Waals surface area (Å²) in [5, 5.41) is 4.08. The third-order valence-corrected chi connectivity index (χ3v) is 3.88. The third-order valence-electron chi connectivity index (χ3n) is 3.88. The molecule has 1 aliphatic heterocycles. The van der Waals surface area contributed by atoms with Crippen molar-refractivity contribution >= 4 is 5.91 Å². The van der Waals surface area contributed by atoms with E-state index in [1.54, 1.807) is 11.0 Å². The van der Waals surface area contributed by atoms with Crippen LogP contribution in [0.25, 0.3) is 0 Å². The minimum atomic E-state index is 0.0648. The zero-order chi connectivity index (χ0) is 15.5. The van der Waals surface area contributed by atoms with Gasteiger partial charge in [0.1, 0.15) is 12.7 Å². The molecule has 3 rings (SSSR count). The molecule has 6 nitrogen and oxygen atoms in total. The van der Waals surface area contributed by atoms with Crippen molar-refractivity contribution in [1.29, 1.82) is 0 Å². The van der Waals surface area contributed by atoms with Gasteiger partial charge in [0.15, 0.2) is 0 Å². The van der Waals surface area contributed by atoms with Crippen LogP contribution >= 0.6 is 0 Å². The maximum Gasteiger partial charge on any atom is 0.254 e. The van der Waals surface area contributed by atoms with E-state index in [0.717, 1.165) is 5.56 Å². The molecule has 6 heteroatoms. The number of aromatic nitrogens is 3. The highest BCUT2D eigenvalue weighted by Gasteiger charge is 2.28. The van der Waals surface area contributed by atoms with Crippen LogP contribution in [0.3, 0.4) is 0 Å². The van der Waals surface area contributed by atoms with E-state index in [9.17, 15) is 4.79 Å². The number of hydrogen-bond acceptors (Lipinski definition) is 4. The first-order valence-electron chi connectivity index (χ1n) is 7.47. The molecule has 2 heterocycles. The lowest BCUT2D eigenvalue weighted by atomic mass is 10.1. The first-order valence-corrected chi connectivity index (χ1v) is 7.47. The number of ether oxygens (including phenoxy) is 1. The Morgan fingerprint density at radius 3 is 2.77 bits per heavy atom. The highest BCUT2D eigenvalue weighted by molar-refractivity contribution is 5.94. The van der Waals surface area contributed by atoms with E-state index in [4.69, 9.17) is 4.74 Å². The van der Waals surface area contributed by atoms with E-state index < -0.39 is 0 Å². The van der Waals surface area contributed by atoms with Gasteiger partial charge >= 0.3 is 0 Å². The molecule has 0 radical (unpaired) electrons. The second kappa shape index (κ2) is 6.27. The molecule has 2 atom stereocenters. The molecule has 0 spiro atoms. The average molecular weight is 300 g/mol. The fourth-order valence-corrected chi connectivity index (χ4v) is 2.61. The molecule has 1 fully saturated rings. The quantitative estimate of drug-likeness (QED) is 0.863. The number of carbonyl (C=O) groups excluding carboxylic acids is 1. The molecular formula is C16H20N4O2. The summed E-state index contributed by atoms with van der Waals surface area (Å²) >= 11 is 0. The number of morpholine rings is 1. The Morgan fingerprint density at radius 1 is 1.32 bits per heavy atom. The largest absolute Gasteiger partial charge is 0.375 e. The van der Waals surface area contributed by atoms with Crippen LogP contribution in [-0.2, 0) is 11.3 Å². The monoisotopic (exact) mass is 300 g/mol. The van der Waals surface area contributed by atoms with Crippen LogP contribution in [0.4, 0.5) is 0 Å². The number of benzene rings is 1. The average Bonchev–Trinajstić information content (AvgIpc) is 3.03. The van der Waals surface area contributed by atoms with Crippen molar-refractivity contribution in [3.8, 4) is 0 Å². The molecule has 116 valence electrons. The van der Waals surface area contributed by atoms with Gasteiger partial charge in [0, 0.05) is 12.1 Å². The SMILES string of the molecule is C[C@H]1CN(C(=O)c2ccc(Cn3cncn3)cc2)[C@@H](C)CO1. The van der Waals surface area contributed by atoms with Crippen LogP contribution < -0.4 is 0 Å². The standard InChI is InChI=1S/C16H20N4O2/c1-12-9-22-13(2)7-20(12)16(21)15-5-3-14(4-6-15)8-19-11-17-10-18-19/h3-6,10-13H,7-9H2,1-2H3/t12-,13-/m0/s1. The topological polar surface area (TPSA) is 60.2 Å². The lowest BCUT2D eigenvalue weighted by Gasteiger charge is -2.36. The number of carbonyl (C=O) groups is 1. The minimum Gasteiger partial charge on any atom is -0.375 e. The van der Waals surface area contributed by atoms with E-state index in [2.05, 4.69) is 10.1 Å². The summed E-state index contributed by atoms with van der Waals surface area (Å²) in [5.41, 5.74) is 1.80. The zero-order valence-corrected chi connectivity index (χ0v) is 12.8. The fourth-order valence-electron chi connectivity index (χ4n) is 2.61. The van der Waals surface area contributed by atoms with Crippen molar-refractivity contribution in [2.24, 2.45) is 0 Å². The first-order chi connectivity index (χ1) is 10.6. The van der Waals surface area contributed by atoms with Gasteiger partial charge in [0.25, 0.3) is 5.91 Å². The van der Waals surface area contributed by atoms with Crippen LogP contribution in [-0.4, -0.2) is 50.9 Å². The van der Waals surface area contributed by atoms with Crippen molar-refractivity contribution in [2.45, 2.75) is 32.5 Å². The van der Waals surface area contributed by atoms with E-state index in [-0.39, 0.29) is 18.1 Å². The van der Waals surface area contributed by atoms with Gasteiger partial charge < -0.3 is 9.64 Å². The lowest BCUT2D eigenvalue weighted by Crippen LogP contribution is -2.50. The second-order valence-electron chi connectivity index (χ2n) is 5.74. The van der Waals surface area contributed by atoms with E-state index in [1.165, 1.54) is 6.33 Å². The van der Waals surface area contributed by atoms with E-state index >= 15 is 0 Å². The maximum absolute atomic E-state index is 12.6. The van der Waals surface area contributed by atoms with Gasteiger partial charge in [-0.25, -0.2) is 9.67 Å². The van der Waals surface area contributed by atoms with E-state index in [1.807, 2.05) is 43.0 Å². The molecule has 1 amide bonds. The van der Waals surface area contributed by atoms with Gasteiger partial charge in [-0.05, 0) is 31.5 Å². The Balaban J connectivity index is 1.70. The molecule has 0 bridgehead atoms. The summed E-state index contributed by atoms with van der Waals surface area (Å²) in [6.45, 7) is 5.90. The van der Waals surface area contributed by atoms with E-state index in [0.29, 0.717) is 25.3 Å². The summed E-state index contributed by atoms with van der Waals surface area (Å²) in [6.07, 6.45) is 3.28. The first kappa shape index (κ1) is 14.7. The van der Waals surface area contributed by atoms with Gasteiger partial charge in [-0.15, -0.1) is 0 Å². The number of amides is 1. The Kier molecular flexibility index (Phi) is 4.20. The highest BCUT2D eigenvalue weighted by Crippen LogP contribution is 2.16. The number of hydrogen-bond donors (Lipinski definition) is 0. The van der Waals surface area contributed by atoms with Crippen molar-refractivity contribution in [3.05, 3.63) is 48.0 Å². The Labute approximate surface area is 129 Å². The van der Waals surface area contributed by atoms with Gasteiger partial charge in [0.2, 0.25) is 0 Å². The number of nitrogens with zero attached hydrogens (tertiary/aromatic N) is 4. The molecule has 1 aliphatic rings. The van der Waals surface area contributed by atoms with Crippen LogP contribution in [0.1, 0.15) is 29.8 Å². The minimum absolute atomic E-state index is 0.0648. The van der Waals surface area contributed by atoms with Gasteiger partial charge in [0.05, 0.1) is 25.3 Å². The molecule has 0 unspecified atom stereocenters. The van der Waals surface area contributed by atoms with Crippen molar-refractivity contribution in [2.75, 3.05) is 13.2 Å². The molecule has 0 saturated carbocycles. The summed E-state index contributed by atoms with van der Waals surface area (Å²) in [7, 11) is 0. The molecule has 1 aromatic carbocycles. The lowest BCUT2D eigenvalue weighted by molar-refractivity contribution is -0.0387. The summed E-state index contributed by atoms with van der Waals surface area (Å²) in [5.74, 6) is 0.0648. The predicted molar refractivity (Wildman–Crippen MR) is 81.5 cm³/mol. The third kappa shape index (κ3) is 3.17. The molecule has 0 N–H and O–H groups in total. The summed E-state index contributed by atoms with van der Waals surface area (Å²) < 4.78 is 7.33. The predicted octanol–water partition coefficient (Wildman–Crippen LogP) is 1.58. The smallest absolute Gasteiger partial charge is 0.254 e. The molecule has 2 aromatic rings. The highest BCUT2D eigenvalue weighted by atomic mass is 16.5. The summed E-state index contributed by atoms with van der Waals surface area (Å²) in [6, 6.07) is 7.79. The van der Waals surface area contributed by atoms with Crippen LogP contribution in [0.2, 0.25) is 0 Å². The van der Waals surface area contributed by atoms with Crippen molar-refractivity contribution in [1.82, 2.24) is 19.7 Å². The molecule has 1 aromatic heterocycles. The normalized spacial score (nSPS) is 21.8. The maximum atomic E-state index is 12.6. The zero-order valence-electron chi connectivity index (χ0n) is 12.8. The molecule has 22 heavy (non-hydrogen) atoms. The van der Waals surface area contributed by atoms with Crippen molar-refractivity contribution < 1.29 is 9.53 Å². The van der Waals surface area contributed by atoms with Gasteiger partial charge in [-0.3, -0.25) is 4.79 Å². The van der Waals surface area contributed by atoms with Crippen LogP contribution in [0.15, 0.2) is 36.9 Å².